The number of aromatic nitrogens is 1. The Morgan fingerprint density at radius 3 is 2.87 bits per heavy atom. The largest absolute Gasteiger partial charge is 0.497 e. The van der Waals surface area contributed by atoms with E-state index in [1.807, 2.05) is 0 Å². The second-order valence-corrected chi connectivity index (χ2v) is 2.64. The van der Waals surface area contributed by atoms with Crippen LogP contribution in [0.2, 0.25) is 0 Å². The van der Waals surface area contributed by atoms with Gasteiger partial charge in [0.1, 0.15) is 0 Å². The Morgan fingerprint density at radius 1 is 1.33 bits per heavy atom. The number of nitrogens with zero attached hydrogens (tertiary/aromatic N) is 1. The van der Waals surface area contributed by atoms with Crippen molar-refractivity contribution in [2.75, 3.05) is 0 Å². The first kappa shape index (κ1) is 12.5. The molecule has 0 saturated heterocycles. The fourth-order valence-corrected chi connectivity index (χ4v) is 1.20. The number of hydrogen-bond donors (Lipinski definition) is 0. The van der Waals surface area contributed by atoms with Gasteiger partial charge < -0.3 is 4.74 Å². The standard InChI is InChI=1S/C10H6F2NO.Y/c11-10(12)14-8-5-1-3-7-4-2-6-13-9(7)8;/h2-6,10H;/q-1;. The fraction of sp³-hybridized carbons (Fsp3) is 0.100. The van der Waals surface area contributed by atoms with Gasteiger partial charge in [0.25, 0.3) is 0 Å². The summed E-state index contributed by atoms with van der Waals surface area (Å²) in [6.45, 7) is -2.84. The zero-order valence-corrected chi connectivity index (χ0v) is 10.5. The van der Waals surface area contributed by atoms with Crippen LogP contribution in [0.25, 0.3) is 10.9 Å². The molecule has 2 rings (SSSR count). The van der Waals surface area contributed by atoms with Crippen LogP contribution in [0.3, 0.4) is 0 Å². The quantitative estimate of drug-likeness (QED) is 0.790. The first-order valence-corrected chi connectivity index (χ1v) is 3.97. The van der Waals surface area contributed by atoms with Crippen LogP contribution in [-0.4, -0.2) is 11.6 Å². The van der Waals surface area contributed by atoms with E-state index in [0.717, 1.165) is 5.39 Å². The third kappa shape index (κ3) is 2.92. The molecule has 0 saturated carbocycles. The number of pyridine rings is 1. The van der Waals surface area contributed by atoms with E-state index in [-0.39, 0.29) is 38.5 Å². The van der Waals surface area contributed by atoms with Crippen LogP contribution in [0.5, 0.6) is 5.75 Å². The van der Waals surface area contributed by atoms with E-state index in [2.05, 4.69) is 15.8 Å². The molecule has 2 aromatic rings. The Balaban J connectivity index is 0.00000112. The van der Waals surface area contributed by atoms with Crippen LogP contribution < -0.4 is 4.74 Å². The molecule has 5 heteroatoms. The van der Waals surface area contributed by atoms with Crippen molar-refractivity contribution >= 4 is 10.9 Å². The molecule has 0 unspecified atom stereocenters. The van der Waals surface area contributed by atoms with Gasteiger partial charge in [-0.15, -0.1) is 17.5 Å². The van der Waals surface area contributed by atoms with Crippen molar-refractivity contribution in [3.05, 3.63) is 36.5 Å². The van der Waals surface area contributed by atoms with Crippen molar-refractivity contribution in [1.82, 2.24) is 4.98 Å². The van der Waals surface area contributed by atoms with E-state index < -0.39 is 6.61 Å². The molecular weight excluding hydrogens is 277 g/mol. The molecule has 0 fully saturated rings. The minimum atomic E-state index is -2.84. The second-order valence-electron chi connectivity index (χ2n) is 2.64. The van der Waals surface area contributed by atoms with Crippen LogP contribution >= 0.6 is 0 Å². The molecule has 0 N–H and O–H groups in total. The topological polar surface area (TPSA) is 22.1 Å². The fourth-order valence-electron chi connectivity index (χ4n) is 1.20. The number of fused-ring (bicyclic) bond motifs is 1. The molecule has 0 atom stereocenters. The van der Waals surface area contributed by atoms with Crippen molar-refractivity contribution in [3.63, 3.8) is 0 Å². The second kappa shape index (κ2) is 5.47. The summed E-state index contributed by atoms with van der Waals surface area (Å²) in [5.41, 5.74) is 0.423. The Labute approximate surface area is 111 Å². The Morgan fingerprint density at radius 2 is 2.13 bits per heavy atom. The molecule has 75 valence electrons. The Bertz CT molecular complexity index is 445. The number of alkyl halides is 2. The molecule has 1 aromatic heterocycles. The zero-order valence-electron chi connectivity index (χ0n) is 7.65. The molecule has 0 aliphatic heterocycles. The number of halogens is 2. The van der Waals surface area contributed by atoms with E-state index in [1.165, 1.54) is 12.3 Å². The molecule has 2 nitrogen and oxygen atoms in total. The van der Waals surface area contributed by atoms with Gasteiger partial charge in [0.15, 0.2) is 0 Å². The van der Waals surface area contributed by atoms with Gasteiger partial charge in [0.05, 0.1) is 0 Å². The van der Waals surface area contributed by atoms with Gasteiger partial charge in [-0.2, -0.15) is 20.9 Å². The summed E-state index contributed by atoms with van der Waals surface area (Å²) in [7, 11) is 0. The summed E-state index contributed by atoms with van der Waals surface area (Å²) in [6.07, 6.45) is 1.53. The normalized spacial score (nSPS) is 10.1. The average Bonchev–Trinajstić information content (AvgIpc) is 2.18. The maximum atomic E-state index is 12.0. The van der Waals surface area contributed by atoms with Crippen molar-refractivity contribution in [1.29, 1.82) is 0 Å². The van der Waals surface area contributed by atoms with Gasteiger partial charge in [-0.25, -0.2) is 0 Å². The molecular formula is C10H6F2NOY-. The maximum absolute atomic E-state index is 12.0. The monoisotopic (exact) mass is 283 g/mol. The zero-order chi connectivity index (χ0) is 9.97. The van der Waals surface area contributed by atoms with Crippen LogP contribution in [0.1, 0.15) is 0 Å². The molecule has 0 amide bonds. The minimum Gasteiger partial charge on any atom is -0.497 e. The predicted octanol–water partition coefficient (Wildman–Crippen LogP) is 2.63. The number of benzene rings is 1. The van der Waals surface area contributed by atoms with Crippen LogP contribution in [-0.2, 0) is 32.7 Å². The van der Waals surface area contributed by atoms with E-state index in [9.17, 15) is 8.78 Å². The van der Waals surface area contributed by atoms with E-state index in [0.29, 0.717) is 5.52 Å². The Hall–Kier alpha value is -0.606. The summed E-state index contributed by atoms with van der Waals surface area (Å²) in [5, 5.41) is 0.727. The Kier molecular flexibility index (Phi) is 4.55. The molecule has 0 aliphatic rings. The van der Waals surface area contributed by atoms with Crippen LogP contribution in [0, 0.1) is 6.07 Å². The predicted molar refractivity (Wildman–Crippen MR) is 47.2 cm³/mol. The minimum absolute atomic E-state index is 0. The SMILES string of the molecule is FC(F)Oc1c[c-]cc2cccnc12.[Y]. The molecule has 1 heterocycles. The molecule has 15 heavy (non-hydrogen) atoms. The van der Waals surface area contributed by atoms with Gasteiger partial charge in [-0.05, 0) is 0 Å². The number of hydrogen-bond acceptors (Lipinski definition) is 2. The van der Waals surface area contributed by atoms with Gasteiger partial charge in [0.2, 0.25) is 0 Å². The number of ether oxygens (including phenoxy) is 1. The molecule has 1 radical (unpaired) electrons. The molecule has 0 aliphatic carbocycles. The first-order chi connectivity index (χ1) is 6.77. The van der Waals surface area contributed by atoms with E-state index in [4.69, 9.17) is 0 Å². The van der Waals surface area contributed by atoms with E-state index >= 15 is 0 Å². The third-order valence-electron chi connectivity index (χ3n) is 1.74. The molecule has 1 aromatic carbocycles. The van der Waals surface area contributed by atoms with Gasteiger partial charge in [-0.3, -0.25) is 4.98 Å². The van der Waals surface area contributed by atoms with Crippen molar-refractivity contribution < 1.29 is 46.2 Å². The van der Waals surface area contributed by atoms with Crippen molar-refractivity contribution in [3.8, 4) is 5.75 Å². The smallest absolute Gasteiger partial charge is 0.376 e. The summed E-state index contributed by atoms with van der Waals surface area (Å²) in [4.78, 5) is 3.96. The van der Waals surface area contributed by atoms with Crippen molar-refractivity contribution in [2.45, 2.75) is 6.61 Å². The first-order valence-electron chi connectivity index (χ1n) is 3.97. The summed E-state index contributed by atoms with van der Waals surface area (Å²) < 4.78 is 28.3. The molecule has 0 spiro atoms. The van der Waals surface area contributed by atoms with Gasteiger partial charge >= 0.3 is 6.61 Å². The maximum Gasteiger partial charge on any atom is 0.376 e. The molecule has 0 bridgehead atoms. The summed E-state index contributed by atoms with van der Waals surface area (Å²) in [5.74, 6) is 0.0538. The van der Waals surface area contributed by atoms with Gasteiger partial charge in [0, 0.05) is 50.2 Å². The summed E-state index contributed by atoms with van der Waals surface area (Å²) >= 11 is 0. The van der Waals surface area contributed by atoms with E-state index in [1.54, 1.807) is 18.2 Å². The van der Waals surface area contributed by atoms with Crippen molar-refractivity contribution in [2.24, 2.45) is 0 Å². The van der Waals surface area contributed by atoms with Crippen LogP contribution in [0.15, 0.2) is 30.5 Å². The summed E-state index contributed by atoms with van der Waals surface area (Å²) in [6, 6.07) is 9.21. The van der Waals surface area contributed by atoms with Crippen LogP contribution in [0.4, 0.5) is 8.78 Å². The average molecular weight is 283 g/mol. The van der Waals surface area contributed by atoms with Gasteiger partial charge in [-0.1, -0.05) is 6.07 Å². The number of rotatable bonds is 2. The third-order valence-corrected chi connectivity index (χ3v) is 1.74.